The number of hydrogen-bond donors (Lipinski definition) is 2. The first-order valence-corrected chi connectivity index (χ1v) is 8.09. The summed E-state index contributed by atoms with van der Waals surface area (Å²) in [6.45, 7) is 5.01. The predicted molar refractivity (Wildman–Crippen MR) is 102 cm³/mol. The highest BCUT2D eigenvalue weighted by atomic mass is 35.5. The number of likely N-dealkylation sites (N-methyl/N-ethyl adjacent to an activating group) is 1. The molecule has 5 nitrogen and oxygen atoms in total. The van der Waals surface area contributed by atoms with Gasteiger partial charge in [-0.2, -0.15) is 0 Å². The molecule has 2 N–H and O–H groups in total. The zero-order valence-electron chi connectivity index (χ0n) is 14.7. The number of hydrogen-bond acceptors (Lipinski definition) is 4. The fraction of sp³-hybridized carbons (Fsp3) is 0.316. The van der Waals surface area contributed by atoms with E-state index in [4.69, 9.17) is 9.47 Å². The van der Waals surface area contributed by atoms with E-state index in [1.165, 1.54) is 0 Å². The van der Waals surface area contributed by atoms with Gasteiger partial charge >= 0.3 is 0 Å². The van der Waals surface area contributed by atoms with E-state index in [0.29, 0.717) is 36.0 Å². The van der Waals surface area contributed by atoms with Crippen molar-refractivity contribution in [1.29, 1.82) is 0 Å². The van der Waals surface area contributed by atoms with Crippen molar-refractivity contribution in [2.24, 2.45) is 0 Å². The van der Waals surface area contributed by atoms with Crippen LogP contribution < -0.4 is 20.1 Å². The van der Waals surface area contributed by atoms with Gasteiger partial charge in [0, 0.05) is 12.6 Å². The van der Waals surface area contributed by atoms with Crippen LogP contribution in [0.1, 0.15) is 24.2 Å². The Morgan fingerprint density at radius 2 is 1.64 bits per heavy atom. The molecule has 0 spiro atoms. The minimum Gasteiger partial charge on any atom is -0.490 e. The normalized spacial score (nSPS) is 11.2. The molecule has 2 aromatic rings. The van der Waals surface area contributed by atoms with Crippen LogP contribution in [0.15, 0.2) is 48.5 Å². The molecular weight excluding hydrogens is 340 g/mol. The van der Waals surface area contributed by atoms with Crippen LogP contribution in [0, 0.1) is 0 Å². The number of benzene rings is 2. The molecule has 2 rings (SSSR count). The summed E-state index contributed by atoms with van der Waals surface area (Å²) >= 11 is 0. The summed E-state index contributed by atoms with van der Waals surface area (Å²) in [6.07, 6.45) is 0. The lowest BCUT2D eigenvalue weighted by Crippen LogP contribution is -2.37. The van der Waals surface area contributed by atoms with E-state index in [-0.39, 0.29) is 24.4 Å². The highest BCUT2D eigenvalue weighted by molar-refractivity contribution is 5.97. The summed E-state index contributed by atoms with van der Waals surface area (Å²) in [6, 6.07) is 14.8. The highest BCUT2D eigenvalue weighted by Gasteiger charge is 2.14. The summed E-state index contributed by atoms with van der Waals surface area (Å²) in [7, 11) is 1.86. The smallest absolute Gasteiger partial charge is 0.255 e. The van der Waals surface area contributed by atoms with E-state index in [1.54, 1.807) is 12.1 Å². The van der Waals surface area contributed by atoms with Crippen molar-refractivity contribution in [1.82, 2.24) is 10.6 Å². The Morgan fingerprint density at radius 3 is 2.28 bits per heavy atom. The second-order valence-corrected chi connectivity index (χ2v) is 5.38. The molecule has 0 saturated carbocycles. The summed E-state index contributed by atoms with van der Waals surface area (Å²) < 4.78 is 11.5. The van der Waals surface area contributed by atoms with Crippen molar-refractivity contribution < 1.29 is 14.3 Å². The molecular formula is C19H25ClN2O3. The van der Waals surface area contributed by atoms with Crippen LogP contribution in [-0.4, -0.2) is 32.1 Å². The Balaban J connectivity index is 0.00000312. The molecule has 0 radical (unpaired) electrons. The molecule has 0 aliphatic heterocycles. The monoisotopic (exact) mass is 364 g/mol. The van der Waals surface area contributed by atoms with E-state index in [9.17, 15) is 4.79 Å². The molecule has 0 aliphatic rings. The van der Waals surface area contributed by atoms with Crippen LogP contribution >= 0.6 is 12.4 Å². The second-order valence-electron chi connectivity index (χ2n) is 5.38. The number of nitrogens with one attached hydrogen (secondary N) is 2. The van der Waals surface area contributed by atoms with E-state index in [1.807, 2.05) is 57.3 Å². The number of halogens is 1. The van der Waals surface area contributed by atoms with Gasteiger partial charge in [-0.1, -0.05) is 24.3 Å². The first-order valence-electron chi connectivity index (χ1n) is 8.09. The zero-order chi connectivity index (χ0) is 17.4. The lowest BCUT2D eigenvalue weighted by Gasteiger charge is -2.15. The average molecular weight is 365 g/mol. The Bertz CT molecular complexity index is 679. The van der Waals surface area contributed by atoms with E-state index < -0.39 is 0 Å². The van der Waals surface area contributed by atoms with Crippen molar-refractivity contribution in [2.75, 3.05) is 20.2 Å². The van der Waals surface area contributed by atoms with Gasteiger partial charge in [-0.25, -0.2) is 0 Å². The van der Waals surface area contributed by atoms with Gasteiger partial charge in [0.15, 0.2) is 11.5 Å². The van der Waals surface area contributed by atoms with Gasteiger partial charge in [-0.05, 0) is 45.2 Å². The van der Waals surface area contributed by atoms with Gasteiger partial charge in [0.1, 0.15) is 5.75 Å². The SMILES string of the molecule is CCOc1ccccc1Oc1ccccc1C(=O)NCC(C)NC.Cl. The number of carbonyl (C=O) groups excluding carboxylic acids is 1. The van der Waals surface area contributed by atoms with Gasteiger partial charge in [-0.3, -0.25) is 4.79 Å². The maximum Gasteiger partial charge on any atom is 0.255 e. The standard InChI is InChI=1S/C19H24N2O3.ClH/c1-4-23-17-11-7-8-12-18(17)24-16-10-6-5-9-15(16)19(22)21-13-14(2)20-3;/h5-12,14,20H,4,13H2,1-3H3,(H,21,22);1H. The first-order chi connectivity index (χ1) is 11.7. The molecule has 0 aromatic heterocycles. The van der Waals surface area contributed by atoms with E-state index >= 15 is 0 Å². The Kier molecular flexibility index (Phi) is 8.81. The third-order valence-electron chi connectivity index (χ3n) is 3.56. The van der Waals surface area contributed by atoms with Crippen molar-refractivity contribution in [3.63, 3.8) is 0 Å². The number of ether oxygens (including phenoxy) is 2. The minimum absolute atomic E-state index is 0. The number of rotatable bonds is 8. The molecule has 0 fully saturated rings. The summed E-state index contributed by atoms with van der Waals surface area (Å²) in [5.74, 6) is 1.57. The van der Waals surface area contributed by atoms with E-state index in [0.717, 1.165) is 0 Å². The Morgan fingerprint density at radius 1 is 1.04 bits per heavy atom. The molecule has 25 heavy (non-hydrogen) atoms. The van der Waals surface area contributed by atoms with Crippen LogP contribution in [-0.2, 0) is 0 Å². The lowest BCUT2D eigenvalue weighted by atomic mass is 10.2. The van der Waals surface area contributed by atoms with Crippen LogP contribution in [0.25, 0.3) is 0 Å². The maximum atomic E-state index is 12.4. The lowest BCUT2D eigenvalue weighted by molar-refractivity contribution is 0.0948. The van der Waals surface area contributed by atoms with Gasteiger partial charge in [-0.15, -0.1) is 12.4 Å². The molecule has 2 aromatic carbocycles. The average Bonchev–Trinajstić information content (AvgIpc) is 2.61. The molecule has 0 bridgehead atoms. The molecule has 136 valence electrons. The van der Waals surface area contributed by atoms with Gasteiger partial charge in [0.25, 0.3) is 5.91 Å². The summed E-state index contributed by atoms with van der Waals surface area (Å²) in [4.78, 5) is 12.4. The van der Waals surface area contributed by atoms with Crippen LogP contribution in [0.3, 0.4) is 0 Å². The quantitative estimate of drug-likeness (QED) is 0.750. The minimum atomic E-state index is -0.165. The number of carbonyl (C=O) groups is 1. The van der Waals surface area contributed by atoms with E-state index in [2.05, 4.69) is 10.6 Å². The third kappa shape index (κ3) is 5.96. The first kappa shape index (κ1) is 20.8. The summed E-state index contributed by atoms with van der Waals surface area (Å²) in [5, 5.41) is 5.99. The van der Waals surface area contributed by atoms with Crippen LogP contribution in [0.2, 0.25) is 0 Å². The molecule has 1 amide bonds. The third-order valence-corrected chi connectivity index (χ3v) is 3.56. The topological polar surface area (TPSA) is 59.6 Å². The predicted octanol–water partition coefficient (Wildman–Crippen LogP) is 3.64. The van der Waals surface area contributed by atoms with Gasteiger partial charge in [0.05, 0.1) is 12.2 Å². The molecule has 1 atom stereocenters. The largest absolute Gasteiger partial charge is 0.490 e. The zero-order valence-corrected chi connectivity index (χ0v) is 15.6. The highest BCUT2D eigenvalue weighted by Crippen LogP contribution is 2.32. The second kappa shape index (κ2) is 10.6. The van der Waals surface area contributed by atoms with Crippen molar-refractivity contribution in [3.8, 4) is 17.2 Å². The van der Waals surface area contributed by atoms with Crippen molar-refractivity contribution in [2.45, 2.75) is 19.9 Å². The van der Waals surface area contributed by atoms with Crippen molar-refractivity contribution in [3.05, 3.63) is 54.1 Å². The molecule has 0 heterocycles. The summed E-state index contributed by atoms with van der Waals surface area (Å²) in [5.41, 5.74) is 0.493. The molecule has 0 aliphatic carbocycles. The number of amides is 1. The molecule has 6 heteroatoms. The van der Waals surface area contributed by atoms with Gasteiger partial charge < -0.3 is 20.1 Å². The maximum absolute atomic E-state index is 12.4. The van der Waals surface area contributed by atoms with Crippen LogP contribution in [0.5, 0.6) is 17.2 Å². The fourth-order valence-electron chi connectivity index (χ4n) is 2.11. The van der Waals surface area contributed by atoms with Crippen molar-refractivity contribution >= 4 is 18.3 Å². The molecule has 1 unspecified atom stereocenters. The number of para-hydroxylation sites is 3. The van der Waals surface area contributed by atoms with Gasteiger partial charge in [0.2, 0.25) is 0 Å². The molecule has 0 saturated heterocycles. The Labute approximate surface area is 155 Å². The fourth-order valence-corrected chi connectivity index (χ4v) is 2.11. The Hall–Kier alpha value is -2.24. The van der Waals surface area contributed by atoms with Crippen LogP contribution in [0.4, 0.5) is 0 Å².